The van der Waals surface area contributed by atoms with Crippen molar-refractivity contribution < 1.29 is 4.74 Å². The highest BCUT2D eigenvalue weighted by atomic mass is 32.1. The van der Waals surface area contributed by atoms with Gasteiger partial charge >= 0.3 is 0 Å². The SMILES string of the molecule is Cc1sc(CNC(C)(C)C)cc1CN1CCOCC1. The number of thiophene rings is 1. The first-order valence-electron chi connectivity index (χ1n) is 7.07. The van der Waals surface area contributed by atoms with Crippen molar-refractivity contribution in [3.05, 3.63) is 21.4 Å². The average molecular weight is 282 g/mol. The molecule has 0 spiro atoms. The van der Waals surface area contributed by atoms with Crippen LogP contribution in [0.4, 0.5) is 0 Å². The number of hydrogen-bond donors (Lipinski definition) is 1. The highest BCUT2D eigenvalue weighted by molar-refractivity contribution is 7.12. The molecule has 0 unspecified atom stereocenters. The fourth-order valence-corrected chi connectivity index (χ4v) is 3.18. The number of nitrogens with zero attached hydrogens (tertiary/aromatic N) is 1. The standard InChI is InChI=1S/C15H26N2OS/c1-12-13(11-17-5-7-18-8-6-17)9-14(19-12)10-16-15(2,3)4/h9,16H,5-8,10-11H2,1-4H3. The van der Waals surface area contributed by atoms with Crippen molar-refractivity contribution in [2.24, 2.45) is 0 Å². The Hall–Kier alpha value is -0.420. The predicted molar refractivity (Wildman–Crippen MR) is 81.7 cm³/mol. The second kappa shape index (κ2) is 6.35. The monoisotopic (exact) mass is 282 g/mol. The molecule has 0 aliphatic carbocycles. The van der Waals surface area contributed by atoms with Crippen LogP contribution >= 0.6 is 11.3 Å². The molecule has 1 fully saturated rings. The summed E-state index contributed by atoms with van der Waals surface area (Å²) < 4.78 is 5.40. The van der Waals surface area contributed by atoms with E-state index in [1.807, 2.05) is 11.3 Å². The molecule has 1 aromatic rings. The molecule has 0 bridgehead atoms. The molecule has 1 saturated heterocycles. The van der Waals surface area contributed by atoms with Crippen molar-refractivity contribution in [2.75, 3.05) is 26.3 Å². The Balaban J connectivity index is 1.92. The van der Waals surface area contributed by atoms with E-state index in [9.17, 15) is 0 Å². The van der Waals surface area contributed by atoms with Crippen LogP contribution in [-0.2, 0) is 17.8 Å². The highest BCUT2D eigenvalue weighted by Crippen LogP contribution is 2.23. The van der Waals surface area contributed by atoms with Crippen molar-refractivity contribution in [3.63, 3.8) is 0 Å². The van der Waals surface area contributed by atoms with Crippen LogP contribution in [0.3, 0.4) is 0 Å². The van der Waals surface area contributed by atoms with Gasteiger partial charge in [0.25, 0.3) is 0 Å². The molecule has 1 aromatic heterocycles. The smallest absolute Gasteiger partial charge is 0.0594 e. The number of aryl methyl sites for hydroxylation is 1. The van der Waals surface area contributed by atoms with Crippen molar-refractivity contribution in [3.8, 4) is 0 Å². The maximum absolute atomic E-state index is 5.40. The van der Waals surface area contributed by atoms with Gasteiger partial charge in [0.2, 0.25) is 0 Å². The summed E-state index contributed by atoms with van der Waals surface area (Å²) in [7, 11) is 0. The van der Waals surface area contributed by atoms with Gasteiger partial charge in [0.1, 0.15) is 0 Å². The lowest BCUT2D eigenvalue weighted by molar-refractivity contribution is 0.0341. The van der Waals surface area contributed by atoms with Crippen LogP contribution in [0.2, 0.25) is 0 Å². The summed E-state index contributed by atoms with van der Waals surface area (Å²) in [5.41, 5.74) is 1.67. The first-order chi connectivity index (χ1) is 8.94. The van der Waals surface area contributed by atoms with Gasteiger partial charge in [-0.15, -0.1) is 11.3 Å². The predicted octanol–water partition coefficient (Wildman–Crippen LogP) is 2.78. The van der Waals surface area contributed by atoms with E-state index in [4.69, 9.17) is 4.74 Å². The van der Waals surface area contributed by atoms with E-state index in [0.717, 1.165) is 39.4 Å². The molecule has 2 heterocycles. The fraction of sp³-hybridized carbons (Fsp3) is 0.733. The van der Waals surface area contributed by atoms with Crippen LogP contribution in [0.1, 0.15) is 36.1 Å². The molecule has 108 valence electrons. The molecule has 1 N–H and O–H groups in total. The Labute approximate surface area is 121 Å². The summed E-state index contributed by atoms with van der Waals surface area (Å²) in [6.45, 7) is 14.8. The normalized spacial score (nSPS) is 17.9. The molecule has 0 radical (unpaired) electrons. The Bertz CT molecular complexity index is 403. The second-order valence-electron chi connectivity index (χ2n) is 6.29. The Kier molecular flexibility index (Phi) is 5.01. The van der Waals surface area contributed by atoms with E-state index in [1.54, 1.807) is 0 Å². The lowest BCUT2D eigenvalue weighted by atomic mass is 10.1. The molecule has 0 aromatic carbocycles. The lowest BCUT2D eigenvalue weighted by Crippen LogP contribution is -2.35. The van der Waals surface area contributed by atoms with Crippen molar-refractivity contribution in [2.45, 2.75) is 46.3 Å². The van der Waals surface area contributed by atoms with Crippen LogP contribution in [0.5, 0.6) is 0 Å². The molecule has 3 nitrogen and oxygen atoms in total. The minimum atomic E-state index is 0.183. The van der Waals surface area contributed by atoms with Gasteiger partial charge in [-0.05, 0) is 39.3 Å². The largest absolute Gasteiger partial charge is 0.379 e. The summed E-state index contributed by atoms with van der Waals surface area (Å²) in [4.78, 5) is 5.38. The van der Waals surface area contributed by atoms with Crippen LogP contribution in [0.15, 0.2) is 6.07 Å². The van der Waals surface area contributed by atoms with E-state index >= 15 is 0 Å². The lowest BCUT2D eigenvalue weighted by Gasteiger charge is -2.26. The number of ether oxygens (including phenoxy) is 1. The number of hydrogen-bond acceptors (Lipinski definition) is 4. The molecule has 0 amide bonds. The van der Waals surface area contributed by atoms with Crippen molar-refractivity contribution >= 4 is 11.3 Å². The topological polar surface area (TPSA) is 24.5 Å². The van der Waals surface area contributed by atoms with Gasteiger partial charge in [-0.25, -0.2) is 0 Å². The van der Waals surface area contributed by atoms with Gasteiger partial charge in [0, 0.05) is 41.5 Å². The maximum Gasteiger partial charge on any atom is 0.0594 e. The zero-order chi connectivity index (χ0) is 13.9. The van der Waals surface area contributed by atoms with Crippen LogP contribution < -0.4 is 5.32 Å². The number of rotatable bonds is 4. The van der Waals surface area contributed by atoms with Gasteiger partial charge in [-0.1, -0.05) is 0 Å². The average Bonchev–Trinajstić information content (AvgIpc) is 2.68. The molecule has 1 aliphatic rings. The molecule has 0 atom stereocenters. The first kappa shape index (κ1) is 15.0. The molecular formula is C15H26N2OS. The zero-order valence-corrected chi connectivity index (χ0v) is 13.4. The zero-order valence-electron chi connectivity index (χ0n) is 12.6. The third-order valence-corrected chi connectivity index (χ3v) is 4.45. The summed E-state index contributed by atoms with van der Waals surface area (Å²) in [5.74, 6) is 0. The van der Waals surface area contributed by atoms with Crippen molar-refractivity contribution in [1.82, 2.24) is 10.2 Å². The van der Waals surface area contributed by atoms with Gasteiger partial charge in [0.15, 0.2) is 0 Å². The van der Waals surface area contributed by atoms with Gasteiger partial charge < -0.3 is 10.1 Å². The quantitative estimate of drug-likeness (QED) is 0.919. The second-order valence-corrected chi connectivity index (χ2v) is 7.63. The number of morpholine rings is 1. The Morgan fingerprint density at radius 1 is 1.32 bits per heavy atom. The van der Waals surface area contributed by atoms with Gasteiger partial charge in [-0.2, -0.15) is 0 Å². The fourth-order valence-electron chi connectivity index (χ4n) is 2.18. The summed E-state index contributed by atoms with van der Waals surface area (Å²) in [6, 6.07) is 2.37. The van der Waals surface area contributed by atoms with Crippen LogP contribution in [0.25, 0.3) is 0 Å². The van der Waals surface area contributed by atoms with Crippen LogP contribution in [0, 0.1) is 6.92 Å². The molecule has 1 aliphatic heterocycles. The number of nitrogens with one attached hydrogen (secondary N) is 1. The van der Waals surface area contributed by atoms with E-state index < -0.39 is 0 Å². The summed E-state index contributed by atoms with van der Waals surface area (Å²) in [5, 5.41) is 3.56. The molecular weight excluding hydrogens is 256 g/mol. The van der Waals surface area contributed by atoms with Gasteiger partial charge in [0.05, 0.1) is 13.2 Å². The molecule has 0 saturated carbocycles. The van der Waals surface area contributed by atoms with E-state index in [0.29, 0.717) is 0 Å². The molecule has 2 rings (SSSR count). The van der Waals surface area contributed by atoms with Crippen LogP contribution in [-0.4, -0.2) is 36.7 Å². The Morgan fingerprint density at radius 2 is 2.00 bits per heavy atom. The van der Waals surface area contributed by atoms with E-state index in [-0.39, 0.29) is 5.54 Å². The minimum Gasteiger partial charge on any atom is -0.379 e. The van der Waals surface area contributed by atoms with E-state index in [2.05, 4.69) is 44.0 Å². The summed E-state index contributed by atoms with van der Waals surface area (Å²) >= 11 is 1.92. The third kappa shape index (κ3) is 4.88. The molecule has 19 heavy (non-hydrogen) atoms. The maximum atomic E-state index is 5.40. The third-order valence-electron chi connectivity index (χ3n) is 3.36. The van der Waals surface area contributed by atoms with Gasteiger partial charge in [-0.3, -0.25) is 4.90 Å². The minimum absolute atomic E-state index is 0.183. The first-order valence-corrected chi connectivity index (χ1v) is 7.89. The summed E-state index contributed by atoms with van der Waals surface area (Å²) in [6.07, 6.45) is 0. The Morgan fingerprint density at radius 3 is 2.63 bits per heavy atom. The highest BCUT2D eigenvalue weighted by Gasteiger charge is 2.15. The van der Waals surface area contributed by atoms with E-state index in [1.165, 1.54) is 15.3 Å². The molecule has 4 heteroatoms. The van der Waals surface area contributed by atoms with Crippen molar-refractivity contribution in [1.29, 1.82) is 0 Å².